The Morgan fingerprint density at radius 1 is 1.59 bits per heavy atom. The van der Waals surface area contributed by atoms with Crippen LogP contribution in [0.1, 0.15) is 26.7 Å². The second-order valence-electron chi connectivity index (χ2n) is 4.79. The molecule has 6 nitrogen and oxygen atoms in total. The molecular formula is C11H21N3O3. The van der Waals surface area contributed by atoms with Gasteiger partial charge in [0.1, 0.15) is 5.41 Å². The first-order valence-electron chi connectivity index (χ1n) is 5.87. The molecule has 4 N–H and O–H groups in total. The van der Waals surface area contributed by atoms with Crippen LogP contribution in [-0.2, 0) is 9.53 Å². The molecule has 1 saturated carbocycles. The first-order chi connectivity index (χ1) is 8.03. The van der Waals surface area contributed by atoms with Gasteiger partial charge in [-0.3, -0.25) is 4.79 Å². The smallest absolute Gasteiger partial charge is 0.234 e. The summed E-state index contributed by atoms with van der Waals surface area (Å²) >= 11 is 0. The van der Waals surface area contributed by atoms with Crippen LogP contribution >= 0.6 is 0 Å². The van der Waals surface area contributed by atoms with Gasteiger partial charge in [0.2, 0.25) is 5.91 Å². The highest BCUT2D eigenvalue weighted by atomic mass is 16.5. The first-order valence-corrected chi connectivity index (χ1v) is 5.87. The lowest BCUT2D eigenvalue weighted by atomic mass is 10.1. The minimum atomic E-state index is -0.771. The summed E-state index contributed by atoms with van der Waals surface area (Å²) in [4.78, 5) is 11.8. The SMILES string of the molecule is CC(C)COCCNC(=O)C1(C(N)=NO)CC1. The highest BCUT2D eigenvalue weighted by molar-refractivity contribution is 6.09. The predicted molar refractivity (Wildman–Crippen MR) is 63.7 cm³/mol. The van der Waals surface area contributed by atoms with Crippen molar-refractivity contribution in [2.45, 2.75) is 26.7 Å². The molecule has 0 aromatic heterocycles. The normalized spacial score (nSPS) is 18.2. The summed E-state index contributed by atoms with van der Waals surface area (Å²) in [6.45, 7) is 5.75. The maximum atomic E-state index is 11.8. The fourth-order valence-electron chi connectivity index (χ4n) is 1.55. The highest BCUT2D eigenvalue weighted by Crippen LogP contribution is 2.45. The fourth-order valence-corrected chi connectivity index (χ4v) is 1.55. The number of oxime groups is 1. The van der Waals surface area contributed by atoms with Crippen LogP contribution in [0.15, 0.2) is 5.16 Å². The van der Waals surface area contributed by atoms with Crippen LogP contribution in [0.2, 0.25) is 0 Å². The van der Waals surface area contributed by atoms with Crippen LogP contribution in [0, 0.1) is 11.3 Å². The molecule has 0 aliphatic heterocycles. The number of carbonyl (C=O) groups excluding carboxylic acids is 1. The van der Waals surface area contributed by atoms with Crippen LogP contribution < -0.4 is 11.1 Å². The van der Waals surface area contributed by atoms with Gasteiger partial charge in [-0.1, -0.05) is 19.0 Å². The van der Waals surface area contributed by atoms with Crippen LogP contribution in [0.5, 0.6) is 0 Å². The average molecular weight is 243 g/mol. The van der Waals surface area contributed by atoms with E-state index in [4.69, 9.17) is 15.7 Å². The molecule has 98 valence electrons. The molecule has 1 aliphatic carbocycles. The van der Waals surface area contributed by atoms with Gasteiger partial charge in [-0.15, -0.1) is 0 Å². The second kappa shape index (κ2) is 5.86. The monoisotopic (exact) mass is 243 g/mol. The van der Waals surface area contributed by atoms with E-state index in [1.807, 2.05) is 0 Å². The van der Waals surface area contributed by atoms with E-state index in [-0.39, 0.29) is 11.7 Å². The predicted octanol–water partition coefficient (Wildman–Crippen LogP) is 0.302. The summed E-state index contributed by atoms with van der Waals surface area (Å²) in [5.41, 5.74) is 4.72. The first kappa shape index (κ1) is 13.8. The Morgan fingerprint density at radius 2 is 2.24 bits per heavy atom. The van der Waals surface area contributed by atoms with E-state index < -0.39 is 5.41 Å². The molecule has 0 saturated heterocycles. The molecule has 0 bridgehead atoms. The lowest BCUT2D eigenvalue weighted by Crippen LogP contribution is -2.41. The molecule has 1 fully saturated rings. The third-order valence-electron chi connectivity index (χ3n) is 2.77. The molecule has 0 spiro atoms. The molecule has 1 amide bonds. The average Bonchev–Trinajstić information content (AvgIpc) is 3.08. The molecule has 6 heteroatoms. The molecule has 1 rings (SSSR count). The van der Waals surface area contributed by atoms with Crippen LogP contribution in [-0.4, -0.2) is 36.7 Å². The summed E-state index contributed by atoms with van der Waals surface area (Å²) < 4.78 is 5.34. The van der Waals surface area contributed by atoms with Crippen molar-refractivity contribution < 1.29 is 14.7 Å². The van der Waals surface area contributed by atoms with E-state index in [0.29, 0.717) is 38.5 Å². The van der Waals surface area contributed by atoms with Crippen molar-refractivity contribution in [1.82, 2.24) is 5.32 Å². The Kier molecular flexibility index (Phi) is 4.74. The molecule has 0 atom stereocenters. The molecule has 0 aromatic rings. The van der Waals surface area contributed by atoms with Crippen molar-refractivity contribution in [2.24, 2.45) is 22.2 Å². The van der Waals surface area contributed by atoms with Crippen molar-refractivity contribution in [1.29, 1.82) is 0 Å². The second-order valence-corrected chi connectivity index (χ2v) is 4.79. The zero-order valence-electron chi connectivity index (χ0n) is 10.4. The standard InChI is InChI=1S/C11H21N3O3/c1-8(2)7-17-6-5-13-10(15)11(3-4-11)9(12)14-16/h8,16H,3-7H2,1-2H3,(H2,12,14)(H,13,15). The van der Waals surface area contributed by atoms with Crippen LogP contribution in [0.4, 0.5) is 0 Å². The molecule has 0 radical (unpaired) electrons. The van der Waals surface area contributed by atoms with Gasteiger partial charge in [0.25, 0.3) is 0 Å². The highest BCUT2D eigenvalue weighted by Gasteiger charge is 2.54. The lowest BCUT2D eigenvalue weighted by molar-refractivity contribution is -0.124. The van der Waals surface area contributed by atoms with Gasteiger partial charge >= 0.3 is 0 Å². The van der Waals surface area contributed by atoms with Gasteiger partial charge < -0.3 is 21.0 Å². The molecule has 17 heavy (non-hydrogen) atoms. The minimum Gasteiger partial charge on any atom is -0.409 e. The number of ether oxygens (including phenoxy) is 1. The summed E-state index contributed by atoms with van der Waals surface area (Å²) in [5.74, 6) is 0.302. The number of carbonyl (C=O) groups is 1. The zero-order valence-corrected chi connectivity index (χ0v) is 10.4. The third kappa shape index (κ3) is 3.59. The lowest BCUT2D eigenvalue weighted by Gasteiger charge is -2.14. The summed E-state index contributed by atoms with van der Waals surface area (Å²) in [6.07, 6.45) is 1.28. The van der Waals surface area contributed by atoms with E-state index in [1.54, 1.807) is 0 Å². The summed E-state index contributed by atoms with van der Waals surface area (Å²) in [5, 5.41) is 14.2. The number of nitrogens with two attached hydrogens (primary N) is 1. The zero-order chi connectivity index (χ0) is 12.9. The maximum absolute atomic E-state index is 11.8. The van der Waals surface area contributed by atoms with E-state index in [2.05, 4.69) is 24.3 Å². The Balaban J connectivity index is 2.22. The van der Waals surface area contributed by atoms with Crippen molar-refractivity contribution in [3.63, 3.8) is 0 Å². The molecule has 1 aliphatic rings. The van der Waals surface area contributed by atoms with Crippen molar-refractivity contribution in [2.75, 3.05) is 19.8 Å². The van der Waals surface area contributed by atoms with Gasteiger partial charge in [0.05, 0.1) is 6.61 Å². The number of hydrogen-bond acceptors (Lipinski definition) is 4. The van der Waals surface area contributed by atoms with Crippen LogP contribution in [0.3, 0.4) is 0 Å². The number of hydrogen-bond donors (Lipinski definition) is 3. The van der Waals surface area contributed by atoms with E-state index in [1.165, 1.54) is 0 Å². The number of amides is 1. The van der Waals surface area contributed by atoms with Crippen molar-refractivity contribution >= 4 is 11.7 Å². The largest absolute Gasteiger partial charge is 0.409 e. The Labute approximate surface area is 101 Å². The van der Waals surface area contributed by atoms with Gasteiger partial charge in [0, 0.05) is 13.2 Å². The Morgan fingerprint density at radius 3 is 2.71 bits per heavy atom. The Hall–Kier alpha value is -1.30. The van der Waals surface area contributed by atoms with E-state index >= 15 is 0 Å². The van der Waals surface area contributed by atoms with E-state index in [9.17, 15) is 4.79 Å². The van der Waals surface area contributed by atoms with E-state index in [0.717, 1.165) is 0 Å². The third-order valence-corrected chi connectivity index (χ3v) is 2.77. The molecule has 0 heterocycles. The van der Waals surface area contributed by atoms with Crippen molar-refractivity contribution in [3.8, 4) is 0 Å². The minimum absolute atomic E-state index is 0.00176. The molecule has 0 aromatic carbocycles. The van der Waals surface area contributed by atoms with Crippen molar-refractivity contribution in [3.05, 3.63) is 0 Å². The van der Waals surface area contributed by atoms with Crippen LogP contribution in [0.25, 0.3) is 0 Å². The summed E-state index contributed by atoms with van der Waals surface area (Å²) in [6, 6.07) is 0. The van der Waals surface area contributed by atoms with Gasteiger partial charge in [-0.2, -0.15) is 0 Å². The van der Waals surface area contributed by atoms with Gasteiger partial charge in [-0.05, 0) is 18.8 Å². The number of rotatable bonds is 7. The number of nitrogens with one attached hydrogen (secondary N) is 1. The topological polar surface area (TPSA) is 96.9 Å². The fraction of sp³-hybridized carbons (Fsp3) is 0.818. The Bertz CT molecular complexity index is 298. The molecular weight excluding hydrogens is 222 g/mol. The molecule has 0 unspecified atom stereocenters. The maximum Gasteiger partial charge on any atom is 0.234 e. The number of amidine groups is 1. The van der Waals surface area contributed by atoms with Gasteiger partial charge in [0.15, 0.2) is 5.84 Å². The number of nitrogens with zero attached hydrogens (tertiary/aromatic N) is 1. The summed E-state index contributed by atoms with van der Waals surface area (Å²) in [7, 11) is 0. The quantitative estimate of drug-likeness (QED) is 0.197. The van der Waals surface area contributed by atoms with Gasteiger partial charge in [-0.25, -0.2) is 0 Å².